The van der Waals surface area contributed by atoms with Crippen molar-refractivity contribution in [1.29, 1.82) is 0 Å². The van der Waals surface area contributed by atoms with Gasteiger partial charge in [0.25, 0.3) is 0 Å². The van der Waals surface area contributed by atoms with Crippen LogP contribution in [0.2, 0.25) is 0 Å². The molecular weight excluding hydrogens is 660 g/mol. The van der Waals surface area contributed by atoms with E-state index in [9.17, 15) is 0 Å². The maximum atomic E-state index is 3.78. The van der Waals surface area contributed by atoms with E-state index in [0.29, 0.717) is 9.49 Å². The molecule has 2 aromatic rings. The normalized spacial score (nSPS) is 12.2. The van der Waals surface area contributed by atoms with Crippen molar-refractivity contribution in [3.63, 3.8) is 0 Å². The SMILES string of the molecule is CCC(CC)(CNCCNCC(CC)(CC)S[Te]c1ccccc1)S[Te]c1ccccc1. The van der Waals surface area contributed by atoms with Gasteiger partial charge in [-0.05, 0) is 0 Å². The zero-order chi connectivity index (χ0) is 23.1. The maximum absolute atomic E-state index is 3.78. The minimum absolute atomic E-state index is 0.185. The summed E-state index contributed by atoms with van der Waals surface area (Å²) in [5, 5.41) is 7.57. The van der Waals surface area contributed by atoms with E-state index in [0.717, 1.165) is 26.2 Å². The molecule has 0 aliphatic heterocycles. The molecule has 0 bridgehead atoms. The monoisotopic (exact) mass is 704 g/mol. The molecule has 0 aromatic heterocycles. The number of hydrogen-bond acceptors (Lipinski definition) is 4. The van der Waals surface area contributed by atoms with Gasteiger partial charge in [-0.25, -0.2) is 0 Å². The van der Waals surface area contributed by atoms with Gasteiger partial charge >= 0.3 is 225 Å². The second-order valence-corrected chi connectivity index (χ2v) is 18.9. The van der Waals surface area contributed by atoms with Gasteiger partial charge in [0, 0.05) is 0 Å². The molecule has 6 heteroatoms. The van der Waals surface area contributed by atoms with E-state index in [1.54, 1.807) is 7.22 Å². The standard InChI is InChI=1S/C26H40N2S2Te2/c1-5-25(6-2,29-31-23-15-11-9-12-16-23)21-27-19-20-28-22-26(7-3,8-4)30-32-24-17-13-10-14-18-24/h9-18,27-28H,5-8,19-22H2,1-4H3. The molecule has 0 aliphatic carbocycles. The predicted octanol–water partition coefficient (Wildman–Crippen LogP) is 4.64. The molecule has 32 heavy (non-hydrogen) atoms. The van der Waals surface area contributed by atoms with Crippen LogP contribution in [0.15, 0.2) is 60.7 Å². The van der Waals surface area contributed by atoms with E-state index in [4.69, 9.17) is 0 Å². The zero-order valence-corrected chi connectivity index (χ0v) is 26.4. The van der Waals surface area contributed by atoms with Gasteiger partial charge in [-0.15, -0.1) is 0 Å². The van der Waals surface area contributed by atoms with Crippen molar-refractivity contribution in [1.82, 2.24) is 10.6 Å². The fraction of sp³-hybridized carbons (Fsp3) is 0.538. The molecule has 0 atom stereocenters. The van der Waals surface area contributed by atoms with E-state index in [-0.39, 0.29) is 39.1 Å². The Kier molecular flexibility index (Phi) is 14.7. The van der Waals surface area contributed by atoms with Crippen molar-refractivity contribution in [3.05, 3.63) is 60.7 Å². The van der Waals surface area contributed by atoms with Crippen LogP contribution in [0.3, 0.4) is 0 Å². The number of hydrogen-bond donors (Lipinski definition) is 2. The van der Waals surface area contributed by atoms with Crippen molar-refractivity contribution >= 4 is 64.3 Å². The van der Waals surface area contributed by atoms with Gasteiger partial charge in [0.2, 0.25) is 0 Å². The molecule has 0 saturated heterocycles. The average molecular weight is 700 g/mol. The molecule has 0 heterocycles. The molecule has 0 unspecified atom stereocenters. The second kappa shape index (κ2) is 16.3. The van der Waals surface area contributed by atoms with Crippen LogP contribution in [0.4, 0.5) is 0 Å². The van der Waals surface area contributed by atoms with E-state index in [1.165, 1.54) is 25.7 Å². The van der Waals surface area contributed by atoms with E-state index in [1.807, 2.05) is 0 Å². The molecule has 0 saturated carbocycles. The third-order valence-electron chi connectivity index (χ3n) is 6.07. The Balaban J connectivity index is 1.72. The van der Waals surface area contributed by atoms with Crippen LogP contribution in [0.5, 0.6) is 0 Å². The van der Waals surface area contributed by atoms with Crippen molar-refractivity contribution in [2.24, 2.45) is 0 Å². The Morgan fingerprint density at radius 3 is 1.25 bits per heavy atom. The summed E-state index contributed by atoms with van der Waals surface area (Å²) in [7, 11) is 4.50. The molecule has 2 nitrogen and oxygen atoms in total. The van der Waals surface area contributed by atoms with Gasteiger partial charge in [-0.2, -0.15) is 0 Å². The van der Waals surface area contributed by atoms with E-state index in [2.05, 4.69) is 117 Å². The Morgan fingerprint density at radius 2 is 0.938 bits per heavy atom. The zero-order valence-electron chi connectivity index (χ0n) is 20.1. The Labute approximate surface area is 222 Å². The third-order valence-corrected chi connectivity index (χ3v) is 21.1. The van der Waals surface area contributed by atoms with Gasteiger partial charge in [0.15, 0.2) is 0 Å². The number of rotatable bonds is 17. The van der Waals surface area contributed by atoms with Gasteiger partial charge in [-0.1, -0.05) is 0 Å². The molecule has 2 N–H and O–H groups in total. The summed E-state index contributed by atoms with van der Waals surface area (Å²) in [6, 6.07) is 22.2. The molecule has 0 amide bonds. The average Bonchev–Trinajstić information content (AvgIpc) is 2.87. The van der Waals surface area contributed by atoms with Crippen LogP contribution < -0.4 is 17.9 Å². The predicted molar refractivity (Wildman–Crippen MR) is 151 cm³/mol. The second-order valence-electron chi connectivity index (χ2n) is 8.09. The molecule has 2 rings (SSSR count). The van der Waals surface area contributed by atoms with Gasteiger partial charge in [0.1, 0.15) is 0 Å². The summed E-state index contributed by atoms with van der Waals surface area (Å²) in [5.41, 5.74) is 0. The summed E-state index contributed by atoms with van der Waals surface area (Å²) in [5.74, 6) is 0. The third kappa shape index (κ3) is 10.1. The first-order valence-corrected chi connectivity index (χ1v) is 21.4. The molecule has 2 aromatic carbocycles. The fourth-order valence-electron chi connectivity index (χ4n) is 3.33. The Hall–Kier alpha value is 0.639. The molecule has 0 radical (unpaired) electrons. The topological polar surface area (TPSA) is 24.1 Å². The molecule has 0 aliphatic rings. The van der Waals surface area contributed by atoms with Crippen LogP contribution in [-0.4, -0.2) is 74.8 Å². The molecule has 0 spiro atoms. The van der Waals surface area contributed by atoms with Crippen molar-refractivity contribution in [2.75, 3.05) is 26.2 Å². The summed E-state index contributed by atoms with van der Waals surface area (Å²) >= 11 is -0.370. The Morgan fingerprint density at radius 1 is 0.594 bits per heavy atom. The van der Waals surface area contributed by atoms with Gasteiger partial charge < -0.3 is 0 Å². The van der Waals surface area contributed by atoms with E-state index < -0.39 is 0 Å². The summed E-state index contributed by atoms with van der Waals surface area (Å²) in [4.78, 5) is 0. The van der Waals surface area contributed by atoms with E-state index >= 15 is 0 Å². The summed E-state index contributed by atoms with van der Waals surface area (Å²) < 4.78 is 3.88. The summed E-state index contributed by atoms with van der Waals surface area (Å²) in [6.45, 7) is 13.8. The minimum atomic E-state index is -0.185. The van der Waals surface area contributed by atoms with Crippen molar-refractivity contribution in [2.45, 2.75) is 62.9 Å². The van der Waals surface area contributed by atoms with Crippen molar-refractivity contribution < 1.29 is 0 Å². The molecule has 178 valence electrons. The van der Waals surface area contributed by atoms with Crippen LogP contribution >= 0.6 is 18.0 Å². The fourth-order valence-corrected chi connectivity index (χ4v) is 17.4. The molecular formula is C26H40N2S2Te2. The van der Waals surface area contributed by atoms with Crippen LogP contribution in [0.25, 0.3) is 0 Å². The van der Waals surface area contributed by atoms with Gasteiger partial charge in [0.05, 0.1) is 0 Å². The first-order valence-electron chi connectivity index (χ1n) is 11.8. The number of benzene rings is 2. The van der Waals surface area contributed by atoms with Crippen molar-refractivity contribution in [3.8, 4) is 0 Å². The summed E-state index contributed by atoms with van der Waals surface area (Å²) in [6.07, 6.45) is 4.95. The first kappa shape index (κ1) is 28.9. The molecule has 0 fully saturated rings. The number of nitrogens with one attached hydrogen (secondary N) is 2. The Bertz CT molecular complexity index is 660. The van der Waals surface area contributed by atoms with Gasteiger partial charge in [-0.3, -0.25) is 0 Å². The van der Waals surface area contributed by atoms with Crippen LogP contribution in [-0.2, 0) is 0 Å². The van der Waals surface area contributed by atoms with Crippen LogP contribution in [0, 0.1) is 0 Å². The first-order chi connectivity index (χ1) is 15.6. The quantitative estimate of drug-likeness (QED) is 0.186. The van der Waals surface area contributed by atoms with Crippen LogP contribution in [0.1, 0.15) is 53.4 Å².